The normalized spacial score (nSPS) is 20.5. The quantitative estimate of drug-likeness (QED) is 0.924. The molecule has 8 heteroatoms. The summed E-state index contributed by atoms with van der Waals surface area (Å²) in [5.41, 5.74) is 0.552. The first-order valence-electron chi connectivity index (χ1n) is 6.98. The Morgan fingerprint density at radius 3 is 2.91 bits per heavy atom. The standard InChI is InChI=1S/C15H14ClF2N3O2/c1-22-15-19-7-9(16)14(21-15)20-12-4-5-23-13(12)8-2-3-10(17)11(18)6-8/h2-3,6-7,12-13H,4-5H2,1H3,(H,19,20,21). The van der Waals surface area contributed by atoms with Crippen molar-refractivity contribution < 1.29 is 18.3 Å². The Morgan fingerprint density at radius 2 is 2.17 bits per heavy atom. The Labute approximate surface area is 136 Å². The molecule has 2 heterocycles. The lowest BCUT2D eigenvalue weighted by molar-refractivity contribution is 0.107. The van der Waals surface area contributed by atoms with E-state index < -0.39 is 17.7 Å². The second-order valence-corrected chi connectivity index (χ2v) is 5.46. The molecule has 2 atom stereocenters. The number of anilines is 1. The number of hydrogen-bond donors (Lipinski definition) is 1. The molecule has 122 valence electrons. The molecule has 1 N–H and O–H groups in total. The third-order valence-electron chi connectivity index (χ3n) is 3.59. The fourth-order valence-electron chi connectivity index (χ4n) is 2.48. The van der Waals surface area contributed by atoms with Gasteiger partial charge in [0, 0.05) is 6.61 Å². The van der Waals surface area contributed by atoms with Crippen LogP contribution in [0.4, 0.5) is 14.6 Å². The lowest BCUT2D eigenvalue weighted by atomic mass is 10.0. The number of rotatable bonds is 4. The number of halogens is 3. The Balaban J connectivity index is 1.83. The maximum atomic E-state index is 13.4. The molecule has 1 aromatic carbocycles. The number of hydrogen-bond acceptors (Lipinski definition) is 5. The van der Waals surface area contributed by atoms with Crippen LogP contribution < -0.4 is 10.1 Å². The third-order valence-corrected chi connectivity index (χ3v) is 3.87. The molecule has 1 fully saturated rings. The minimum absolute atomic E-state index is 0.181. The largest absolute Gasteiger partial charge is 0.467 e. The predicted molar refractivity (Wildman–Crippen MR) is 80.7 cm³/mol. The van der Waals surface area contributed by atoms with E-state index in [0.717, 1.165) is 12.1 Å². The molecule has 0 saturated carbocycles. The van der Waals surface area contributed by atoms with Gasteiger partial charge in [0.1, 0.15) is 11.1 Å². The van der Waals surface area contributed by atoms with Gasteiger partial charge in [-0.25, -0.2) is 13.8 Å². The Kier molecular flexibility index (Phi) is 4.58. The van der Waals surface area contributed by atoms with Crippen LogP contribution in [0, 0.1) is 11.6 Å². The minimum atomic E-state index is -0.904. The summed E-state index contributed by atoms with van der Waals surface area (Å²) in [6.07, 6.45) is 1.67. The van der Waals surface area contributed by atoms with E-state index in [1.54, 1.807) is 0 Å². The molecule has 1 aliphatic rings. The van der Waals surface area contributed by atoms with Crippen molar-refractivity contribution in [1.82, 2.24) is 9.97 Å². The highest BCUT2D eigenvalue weighted by Gasteiger charge is 2.31. The van der Waals surface area contributed by atoms with Crippen LogP contribution in [0.1, 0.15) is 18.1 Å². The smallest absolute Gasteiger partial charge is 0.318 e. The number of ether oxygens (including phenoxy) is 2. The zero-order valence-electron chi connectivity index (χ0n) is 12.2. The van der Waals surface area contributed by atoms with Crippen LogP contribution >= 0.6 is 11.6 Å². The van der Waals surface area contributed by atoms with Gasteiger partial charge < -0.3 is 14.8 Å². The number of nitrogens with one attached hydrogen (secondary N) is 1. The van der Waals surface area contributed by atoms with Gasteiger partial charge in [-0.15, -0.1) is 0 Å². The SMILES string of the molecule is COc1ncc(Cl)c(NC2CCOC2c2ccc(F)c(F)c2)n1. The number of aromatic nitrogens is 2. The number of methoxy groups -OCH3 is 1. The van der Waals surface area contributed by atoms with Crippen LogP contribution in [0.3, 0.4) is 0 Å². The Morgan fingerprint density at radius 1 is 1.35 bits per heavy atom. The highest BCUT2D eigenvalue weighted by molar-refractivity contribution is 6.32. The average molecular weight is 342 g/mol. The summed E-state index contributed by atoms with van der Waals surface area (Å²) in [6.45, 7) is 0.487. The maximum absolute atomic E-state index is 13.4. The predicted octanol–water partition coefficient (Wildman–Crippen LogP) is 3.36. The van der Waals surface area contributed by atoms with Crippen LogP contribution in [-0.2, 0) is 4.74 Å². The molecule has 5 nitrogen and oxygen atoms in total. The van der Waals surface area contributed by atoms with Crippen molar-refractivity contribution in [2.75, 3.05) is 19.0 Å². The van der Waals surface area contributed by atoms with Crippen LogP contribution in [0.15, 0.2) is 24.4 Å². The second kappa shape index (κ2) is 6.64. The summed E-state index contributed by atoms with van der Waals surface area (Å²) in [6, 6.07) is 3.73. The van der Waals surface area contributed by atoms with Crippen LogP contribution in [0.25, 0.3) is 0 Å². The molecule has 0 aliphatic carbocycles. The lowest BCUT2D eigenvalue weighted by Gasteiger charge is -2.21. The molecule has 23 heavy (non-hydrogen) atoms. The van der Waals surface area contributed by atoms with Crippen LogP contribution in [-0.4, -0.2) is 29.7 Å². The third kappa shape index (κ3) is 3.35. The van der Waals surface area contributed by atoms with Gasteiger partial charge >= 0.3 is 6.01 Å². The molecule has 0 spiro atoms. The van der Waals surface area contributed by atoms with Gasteiger partial charge in [0.15, 0.2) is 17.5 Å². The van der Waals surface area contributed by atoms with Gasteiger partial charge in [0.2, 0.25) is 0 Å². The zero-order valence-corrected chi connectivity index (χ0v) is 13.0. The van der Waals surface area contributed by atoms with E-state index >= 15 is 0 Å². The summed E-state index contributed by atoms with van der Waals surface area (Å²) < 4.78 is 37.1. The first-order chi connectivity index (χ1) is 11.1. The van der Waals surface area contributed by atoms with Crippen molar-refractivity contribution in [1.29, 1.82) is 0 Å². The molecule has 1 aliphatic heterocycles. The molecule has 2 unspecified atom stereocenters. The van der Waals surface area contributed by atoms with E-state index in [9.17, 15) is 8.78 Å². The fraction of sp³-hybridized carbons (Fsp3) is 0.333. The van der Waals surface area contributed by atoms with Gasteiger partial charge in [-0.3, -0.25) is 0 Å². The summed E-state index contributed by atoms with van der Waals surface area (Å²) in [5, 5.41) is 3.50. The Hall–Kier alpha value is -1.99. The van der Waals surface area contributed by atoms with Crippen molar-refractivity contribution in [2.24, 2.45) is 0 Å². The van der Waals surface area contributed by atoms with Crippen molar-refractivity contribution >= 4 is 17.4 Å². The molecule has 1 saturated heterocycles. The zero-order chi connectivity index (χ0) is 16.4. The highest BCUT2D eigenvalue weighted by Crippen LogP contribution is 2.33. The maximum Gasteiger partial charge on any atom is 0.318 e. The topological polar surface area (TPSA) is 56.3 Å². The molecule has 0 radical (unpaired) electrons. The van der Waals surface area contributed by atoms with Gasteiger partial charge in [0.05, 0.1) is 19.3 Å². The first kappa shape index (κ1) is 15.9. The molecule has 0 amide bonds. The average Bonchev–Trinajstić information content (AvgIpc) is 3.00. The Bertz CT molecular complexity index is 717. The summed E-state index contributed by atoms with van der Waals surface area (Å²) in [7, 11) is 1.45. The number of benzene rings is 1. The fourth-order valence-corrected chi connectivity index (χ4v) is 2.63. The van der Waals surface area contributed by atoms with Crippen LogP contribution in [0.5, 0.6) is 6.01 Å². The summed E-state index contributed by atoms with van der Waals surface area (Å²) >= 11 is 6.08. The minimum Gasteiger partial charge on any atom is -0.467 e. The van der Waals surface area contributed by atoms with E-state index in [4.69, 9.17) is 21.1 Å². The molecule has 2 aromatic rings. The monoisotopic (exact) mass is 341 g/mol. The van der Waals surface area contributed by atoms with Gasteiger partial charge in [0.25, 0.3) is 0 Å². The summed E-state index contributed by atoms with van der Waals surface area (Å²) in [5.74, 6) is -1.39. The molecule has 1 aromatic heterocycles. The van der Waals surface area contributed by atoms with Crippen molar-refractivity contribution in [3.05, 3.63) is 46.6 Å². The van der Waals surface area contributed by atoms with Crippen LogP contribution in [0.2, 0.25) is 5.02 Å². The lowest BCUT2D eigenvalue weighted by Crippen LogP contribution is -2.24. The van der Waals surface area contributed by atoms with Gasteiger partial charge in [-0.1, -0.05) is 17.7 Å². The molecule has 0 bridgehead atoms. The van der Waals surface area contributed by atoms with Crippen molar-refractivity contribution in [2.45, 2.75) is 18.6 Å². The highest BCUT2D eigenvalue weighted by atomic mass is 35.5. The van der Waals surface area contributed by atoms with Crippen molar-refractivity contribution in [3.63, 3.8) is 0 Å². The van der Waals surface area contributed by atoms with E-state index in [0.29, 0.717) is 29.4 Å². The molecular weight excluding hydrogens is 328 g/mol. The van der Waals surface area contributed by atoms with E-state index in [1.807, 2.05) is 0 Å². The molecular formula is C15H14ClF2N3O2. The van der Waals surface area contributed by atoms with Gasteiger partial charge in [-0.05, 0) is 24.1 Å². The summed E-state index contributed by atoms with van der Waals surface area (Å²) in [4.78, 5) is 8.05. The first-order valence-corrected chi connectivity index (χ1v) is 7.36. The van der Waals surface area contributed by atoms with E-state index in [-0.39, 0.29) is 12.1 Å². The number of nitrogens with zero attached hydrogens (tertiary/aromatic N) is 2. The second-order valence-electron chi connectivity index (χ2n) is 5.06. The van der Waals surface area contributed by atoms with E-state index in [2.05, 4.69) is 15.3 Å². The van der Waals surface area contributed by atoms with E-state index in [1.165, 1.54) is 19.4 Å². The van der Waals surface area contributed by atoms with Gasteiger partial charge in [-0.2, -0.15) is 4.98 Å². The van der Waals surface area contributed by atoms with Crippen molar-refractivity contribution in [3.8, 4) is 6.01 Å². The molecule has 3 rings (SSSR count).